The largest absolute Gasteiger partial charge is 0.398 e. The molecule has 5 nitrogen and oxygen atoms in total. The van der Waals surface area contributed by atoms with Crippen LogP contribution in [0.2, 0.25) is 0 Å². The minimum Gasteiger partial charge on any atom is -0.398 e. The highest BCUT2D eigenvalue weighted by atomic mass is 16.2. The Balaban J connectivity index is 1.96. The number of anilines is 1. The van der Waals surface area contributed by atoms with E-state index in [-0.39, 0.29) is 5.91 Å². The van der Waals surface area contributed by atoms with Gasteiger partial charge in [-0.3, -0.25) is 9.78 Å². The molecule has 0 spiro atoms. The van der Waals surface area contributed by atoms with E-state index in [1.54, 1.807) is 36.5 Å². The van der Waals surface area contributed by atoms with Crippen molar-refractivity contribution in [1.82, 2.24) is 4.98 Å². The Morgan fingerprint density at radius 1 is 1.29 bits per heavy atom. The zero-order valence-corrected chi connectivity index (χ0v) is 14.0. The van der Waals surface area contributed by atoms with Crippen LogP contribution in [0.25, 0.3) is 5.70 Å². The first-order valence-electron chi connectivity index (χ1n) is 7.71. The Bertz CT molecular complexity index is 853. The van der Waals surface area contributed by atoms with Gasteiger partial charge in [0.15, 0.2) is 0 Å². The highest BCUT2D eigenvalue weighted by Gasteiger charge is 2.42. The standard InChI is InChI=1S/C19H20N4O/c1-19(2)14-7-6-12(9-17(14)23(3)18(19)24)15(20)10-16(21)13-5-4-8-22-11-13/h4-11,21H,20H2,1-3H3. The zero-order chi connectivity index (χ0) is 17.5. The van der Waals surface area contributed by atoms with E-state index in [0.29, 0.717) is 17.0 Å². The summed E-state index contributed by atoms with van der Waals surface area (Å²) >= 11 is 0. The fraction of sp³-hybridized carbons (Fsp3) is 0.211. The molecule has 24 heavy (non-hydrogen) atoms. The van der Waals surface area contributed by atoms with Crippen molar-refractivity contribution in [1.29, 1.82) is 5.41 Å². The Morgan fingerprint density at radius 2 is 2.04 bits per heavy atom. The molecule has 3 N–H and O–H groups in total. The number of amides is 1. The monoisotopic (exact) mass is 320 g/mol. The zero-order valence-electron chi connectivity index (χ0n) is 14.0. The number of nitrogens with zero attached hydrogens (tertiary/aromatic N) is 2. The Kier molecular flexibility index (Phi) is 3.72. The van der Waals surface area contributed by atoms with Crippen molar-refractivity contribution in [3.05, 3.63) is 65.5 Å². The van der Waals surface area contributed by atoms with Gasteiger partial charge < -0.3 is 16.0 Å². The first-order chi connectivity index (χ1) is 11.3. The second kappa shape index (κ2) is 5.60. The van der Waals surface area contributed by atoms with Gasteiger partial charge >= 0.3 is 0 Å². The van der Waals surface area contributed by atoms with Gasteiger partial charge in [0, 0.05) is 36.4 Å². The van der Waals surface area contributed by atoms with Crippen LogP contribution < -0.4 is 10.6 Å². The van der Waals surface area contributed by atoms with E-state index in [1.807, 2.05) is 38.1 Å². The van der Waals surface area contributed by atoms with Crippen molar-refractivity contribution in [2.75, 3.05) is 11.9 Å². The van der Waals surface area contributed by atoms with E-state index >= 15 is 0 Å². The van der Waals surface area contributed by atoms with Crippen molar-refractivity contribution in [3.63, 3.8) is 0 Å². The molecule has 122 valence electrons. The fourth-order valence-corrected chi connectivity index (χ4v) is 3.01. The van der Waals surface area contributed by atoms with Gasteiger partial charge in [0.05, 0.1) is 11.1 Å². The van der Waals surface area contributed by atoms with E-state index < -0.39 is 5.41 Å². The molecule has 0 aliphatic carbocycles. The van der Waals surface area contributed by atoms with Crippen molar-refractivity contribution >= 4 is 23.0 Å². The molecule has 1 amide bonds. The maximum absolute atomic E-state index is 12.4. The summed E-state index contributed by atoms with van der Waals surface area (Å²) in [4.78, 5) is 18.0. The molecule has 1 aliphatic heterocycles. The maximum atomic E-state index is 12.4. The predicted octanol–water partition coefficient (Wildman–Crippen LogP) is 2.70. The molecule has 2 heterocycles. The van der Waals surface area contributed by atoms with E-state index in [9.17, 15) is 4.79 Å². The first-order valence-corrected chi connectivity index (χ1v) is 7.71. The van der Waals surface area contributed by atoms with Crippen LogP contribution in [0.5, 0.6) is 0 Å². The molecular formula is C19H20N4O. The molecule has 0 saturated heterocycles. The second-order valence-corrected chi connectivity index (χ2v) is 6.48. The average molecular weight is 320 g/mol. The van der Waals surface area contributed by atoms with E-state index in [1.165, 1.54) is 0 Å². The molecule has 3 rings (SSSR count). The van der Waals surface area contributed by atoms with Gasteiger partial charge in [0.1, 0.15) is 0 Å². The third-order valence-electron chi connectivity index (χ3n) is 4.48. The number of hydrogen-bond acceptors (Lipinski definition) is 4. The van der Waals surface area contributed by atoms with Crippen molar-refractivity contribution < 1.29 is 4.79 Å². The highest BCUT2D eigenvalue weighted by Crippen LogP contribution is 2.41. The fourth-order valence-electron chi connectivity index (χ4n) is 3.01. The molecule has 2 aromatic rings. The van der Waals surface area contributed by atoms with Crippen molar-refractivity contribution in [3.8, 4) is 0 Å². The van der Waals surface area contributed by atoms with Crippen LogP contribution in [0.15, 0.2) is 48.8 Å². The minimum absolute atomic E-state index is 0.0697. The molecule has 1 aromatic heterocycles. The molecule has 1 aromatic carbocycles. The normalized spacial score (nSPS) is 16.2. The van der Waals surface area contributed by atoms with Gasteiger partial charge in [-0.05, 0) is 49.2 Å². The molecule has 0 unspecified atom stereocenters. The summed E-state index contributed by atoms with van der Waals surface area (Å²) in [6.07, 6.45) is 4.91. The van der Waals surface area contributed by atoms with Crippen molar-refractivity contribution in [2.24, 2.45) is 5.73 Å². The van der Waals surface area contributed by atoms with Crippen LogP contribution in [0.4, 0.5) is 5.69 Å². The third-order valence-corrected chi connectivity index (χ3v) is 4.48. The van der Waals surface area contributed by atoms with E-state index in [0.717, 1.165) is 16.8 Å². The van der Waals surface area contributed by atoms with Crippen LogP contribution in [0.3, 0.4) is 0 Å². The summed E-state index contributed by atoms with van der Waals surface area (Å²) in [6.45, 7) is 3.85. The number of fused-ring (bicyclic) bond motifs is 1. The molecule has 5 heteroatoms. The number of likely N-dealkylation sites (N-methyl/N-ethyl adjacent to an activating group) is 1. The lowest BCUT2D eigenvalue weighted by Gasteiger charge is -2.16. The van der Waals surface area contributed by atoms with Crippen LogP contribution in [-0.4, -0.2) is 23.7 Å². The number of carbonyl (C=O) groups is 1. The number of carbonyl (C=O) groups excluding carboxylic acids is 1. The van der Waals surface area contributed by atoms with E-state index in [2.05, 4.69) is 4.98 Å². The quantitative estimate of drug-likeness (QED) is 0.853. The average Bonchev–Trinajstić information content (AvgIpc) is 2.76. The lowest BCUT2D eigenvalue weighted by atomic mass is 9.85. The molecule has 0 saturated carbocycles. The topological polar surface area (TPSA) is 83.1 Å². The predicted molar refractivity (Wildman–Crippen MR) is 96.1 cm³/mol. The first kappa shape index (κ1) is 15.9. The SMILES string of the molecule is CN1C(=O)C(C)(C)c2ccc(C(N)=CC(=N)c3cccnc3)cc21. The number of nitrogens with one attached hydrogen (secondary N) is 1. The molecule has 0 radical (unpaired) electrons. The molecule has 0 atom stereocenters. The van der Waals surface area contributed by atoms with Gasteiger partial charge in [-0.25, -0.2) is 0 Å². The molecular weight excluding hydrogens is 300 g/mol. The van der Waals surface area contributed by atoms with Crippen molar-refractivity contribution in [2.45, 2.75) is 19.3 Å². The van der Waals surface area contributed by atoms with Gasteiger partial charge in [0.2, 0.25) is 5.91 Å². The second-order valence-electron chi connectivity index (χ2n) is 6.48. The Hall–Kier alpha value is -2.95. The number of aromatic nitrogens is 1. The molecule has 0 bridgehead atoms. The summed E-state index contributed by atoms with van der Waals surface area (Å²) < 4.78 is 0. The van der Waals surface area contributed by atoms with Crippen LogP contribution in [-0.2, 0) is 10.2 Å². The van der Waals surface area contributed by atoms with Gasteiger partial charge in [-0.1, -0.05) is 12.1 Å². The van der Waals surface area contributed by atoms with Gasteiger partial charge in [-0.2, -0.15) is 0 Å². The van der Waals surface area contributed by atoms with Crippen LogP contribution in [0.1, 0.15) is 30.5 Å². The summed E-state index contributed by atoms with van der Waals surface area (Å²) in [5.41, 5.74) is 9.78. The molecule has 1 aliphatic rings. The summed E-state index contributed by atoms with van der Waals surface area (Å²) in [5, 5.41) is 8.14. The number of nitrogens with two attached hydrogens (primary N) is 1. The Labute approximate surface area is 141 Å². The highest BCUT2D eigenvalue weighted by molar-refractivity contribution is 6.10. The smallest absolute Gasteiger partial charge is 0.236 e. The number of rotatable bonds is 3. The van der Waals surface area contributed by atoms with Gasteiger partial charge in [0.25, 0.3) is 0 Å². The number of benzene rings is 1. The Morgan fingerprint density at radius 3 is 2.71 bits per heavy atom. The summed E-state index contributed by atoms with van der Waals surface area (Å²) in [5.74, 6) is 0.0697. The summed E-state index contributed by atoms with van der Waals surface area (Å²) in [7, 11) is 1.78. The maximum Gasteiger partial charge on any atom is 0.236 e. The van der Waals surface area contributed by atoms with Crippen LogP contribution in [0, 0.1) is 5.41 Å². The number of pyridine rings is 1. The summed E-state index contributed by atoms with van der Waals surface area (Å²) in [6, 6.07) is 9.35. The lowest BCUT2D eigenvalue weighted by molar-refractivity contribution is -0.121. The van der Waals surface area contributed by atoms with Gasteiger partial charge in [-0.15, -0.1) is 0 Å². The molecule has 0 fully saturated rings. The number of allylic oxidation sites excluding steroid dienone is 1. The minimum atomic E-state index is -0.524. The third kappa shape index (κ3) is 2.48. The number of hydrogen-bond donors (Lipinski definition) is 2. The van der Waals surface area contributed by atoms with Crippen LogP contribution >= 0.6 is 0 Å². The lowest BCUT2D eigenvalue weighted by Crippen LogP contribution is -2.33. The van der Waals surface area contributed by atoms with E-state index in [4.69, 9.17) is 11.1 Å².